The molecule has 0 aromatic heterocycles. The smallest absolute Gasteiger partial charge is 0.0409 e. The minimum absolute atomic E-state index is 0.974. The zero-order valence-corrected chi connectivity index (χ0v) is 12.2. The topological polar surface area (TPSA) is 15.3 Å². The second-order valence-electron chi connectivity index (χ2n) is 4.93. The third-order valence-electron chi connectivity index (χ3n) is 3.24. The molecule has 0 aliphatic rings. The van der Waals surface area contributed by atoms with Gasteiger partial charge in [-0.25, -0.2) is 0 Å². The summed E-state index contributed by atoms with van der Waals surface area (Å²) in [6.45, 7) is 7.67. The molecule has 18 heavy (non-hydrogen) atoms. The van der Waals surface area contributed by atoms with Gasteiger partial charge in [0.25, 0.3) is 0 Å². The van der Waals surface area contributed by atoms with Gasteiger partial charge in [-0.15, -0.1) is 0 Å². The van der Waals surface area contributed by atoms with Crippen LogP contribution in [0.5, 0.6) is 0 Å². The Morgan fingerprint density at radius 1 is 1.06 bits per heavy atom. The van der Waals surface area contributed by atoms with Crippen LogP contribution in [0.15, 0.2) is 24.3 Å². The lowest BCUT2D eigenvalue weighted by Gasteiger charge is -2.22. The van der Waals surface area contributed by atoms with Gasteiger partial charge in [-0.2, -0.15) is 0 Å². The third kappa shape index (κ3) is 5.09. The van der Waals surface area contributed by atoms with E-state index in [1.165, 1.54) is 36.9 Å². The Balaban J connectivity index is 2.56. The maximum Gasteiger partial charge on any atom is 0.0409 e. The van der Waals surface area contributed by atoms with Crippen molar-refractivity contribution < 1.29 is 0 Å². The van der Waals surface area contributed by atoms with Crippen LogP contribution in [-0.2, 0) is 6.54 Å². The third-order valence-corrected chi connectivity index (χ3v) is 3.24. The van der Waals surface area contributed by atoms with Crippen molar-refractivity contribution >= 4 is 5.69 Å². The Labute approximate surface area is 112 Å². The summed E-state index contributed by atoms with van der Waals surface area (Å²) >= 11 is 0. The maximum atomic E-state index is 3.49. The largest absolute Gasteiger partial charge is 0.374 e. The van der Waals surface area contributed by atoms with Gasteiger partial charge < -0.3 is 10.2 Å². The molecule has 0 spiro atoms. The average Bonchev–Trinajstić information content (AvgIpc) is 2.40. The first-order valence-corrected chi connectivity index (χ1v) is 7.29. The molecule has 0 fully saturated rings. The number of hydrogen-bond acceptors (Lipinski definition) is 2. The highest BCUT2D eigenvalue weighted by Crippen LogP contribution is 2.19. The molecule has 0 bridgehead atoms. The monoisotopic (exact) mass is 248 g/mol. The van der Waals surface area contributed by atoms with Gasteiger partial charge in [0.2, 0.25) is 0 Å². The van der Waals surface area contributed by atoms with Crippen molar-refractivity contribution in [3.63, 3.8) is 0 Å². The van der Waals surface area contributed by atoms with Crippen LogP contribution < -0.4 is 10.2 Å². The molecule has 0 radical (unpaired) electrons. The van der Waals surface area contributed by atoms with Crippen LogP contribution in [0.25, 0.3) is 0 Å². The minimum Gasteiger partial charge on any atom is -0.374 e. The summed E-state index contributed by atoms with van der Waals surface area (Å²) in [7, 11) is 2.20. The molecule has 2 nitrogen and oxygen atoms in total. The van der Waals surface area contributed by atoms with E-state index in [4.69, 9.17) is 0 Å². The fourth-order valence-electron chi connectivity index (χ4n) is 2.15. The molecule has 0 aliphatic carbocycles. The normalized spacial score (nSPS) is 10.6. The SMILES string of the molecule is CCCCCN(C)c1ccccc1CNCCC. The highest BCUT2D eigenvalue weighted by atomic mass is 15.1. The summed E-state index contributed by atoms with van der Waals surface area (Å²) in [6, 6.07) is 8.73. The van der Waals surface area contributed by atoms with Gasteiger partial charge in [-0.3, -0.25) is 0 Å². The Kier molecular flexibility index (Phi) is 7.51. The van der Waals surface area contributed by atoms with Gasteiger partial charge in [-0.05, 0) is 31.0 Å². The number of nitrogens with one attached hydrogen (secondary N) is 1. The molecule has 0 atom stereocenters. The standard InChI is InChI=1S/C16H28N2/c1-4-6-9-13-18(3)16-11-8-7-10-15(16)14-17-12-5-2/h7-8,10-11,17H,4-6,9,12-14H2,1-3H3. The van der Waals surface area contributed by atoms with Crippen molar-refractivity contribution in [2.75, 3.05) is 25.0 Å². The van der Waals surface area contributed by atoms with Crippen LogP contribution in [0.4, 0.5) is 5.69 Å². The van der Waals surface area contributed by atoms with Gasteiger partial charge in [0, 0.05) is 25.8 Å². The first kappa shape index (κ1) is 15.0. The van der Waals surface area contributed by atoms with Crippen molar-refractivity contribution in [2.45, 2.75) is 46.1 Å². The molecule has 102 valence electrons. The van der Waals surface area contributed by atoms with Crippen LogP contribution in [0, 0.1) is 0 Å². The molecular formula is C16H28N2. The summed E-state index contributed by atoms with van der Waals surface area (Å²) in [5, 5.41) is 3.49. The Bertz CT molecular complexity index is 323. The molecule has 0 saturated carbocycles. The second-order valence-corrected chi connectivity index (χ2v) is 4.93. The summed E-state index contributed by atoms with van der Waals surface area (Å²) in [6.07, 6.45) is 5.08. The van der Waals surface area contributed by atoms with E-state index >= 15 is 0 Å². The van der Waals surface area contributed by atoms with Gasteiger partial charge in [0.05, 0.1) is 0 Å². The van der Waals surface area contributed by atoms with Crippen LogP contribution in [0.3, 0.4) is 0 Å². The number of nitrogens with zero attached hydrogens (tertiary/aromatic N) is 1. The predicted molar refractivity (Wildman–Crippen MR) is 81.2 cm³/mol. The molecule has 0 saturated heterocycles. The Morgan fingerprint density at radius 3 is 2.56 bits per heavy atom. The van der Waals surface area contributed by atoms with Gasteiger partial charge in [-0.1, -0.05) is 44.9 Å². The predicted octanol–water partition coefficient (Wildman–Crippen LogP) is 3.81. The Hall–Kier alpha value is -1.02. The molecule has 0 aliphatic heterocycles. The number of para-hydroxylation sites is 1. The van der Waals surface area contributed by atoms with Crippen LogP contribution in [0.1, 0.15) is 45.1 Å². The van der Waals surface area contributed by atoms with Crippen LogP contribution in [-0.4, -0.2) is 20.1 Å². The molecule has 2 heteroatoms. The number of rotatable bonds is 9. The number of hydrogen-bond donors (Lipinski definition) is 1. The lowest BCUT2D eigenvalue weighted by molar-refractivity contribution is 0.669. The number of anilines is 1. The second kappa shape index (κ2) is 8.98. The van der Waals surface area contributed by atoms with E-state index in [0.29, 0.717) is 0 Å². The van der Waals surface area contributed by atoms with Crippen molar-refractivity contribution in [1.29, 1.82) is 0 Å². The van der Waals surface area contributed by atoms with Gasteiger partial charge in [0.15, 0.2) is 0 Å². The van der Waals surface area contributed by atoms with Crippen molar-refractivity contribution in [2.24, 2.45) is 0 Å². The van der Waals surface area contributed by atoms with Crippen LogP contribution >= 0.6 is 0 Å². The van der Waals surface area contributed by atoms with E-state index in [2.05, 4.69) is 55.4 Å². The van der Waals surface area contributed by atoms with Gasteiger partial charge >= 0.3 is 0 Å². The van der Waals surface area contributed by atoms with E-state index in [9.17, 15) is 0 Å². The van der Waals surface area contributed by atoms with E-state index in [0.717, 1.165) is 19.6 Å². The molecule has 1 aromatic rings. The molecule has 1 N–H and O–H groups in total. The average molecular weight is 248 g/mol. The van der Waals surface area contributed by atoms with E-state index < -0.39 is 0 Å². The zero-order valence-electron chi connectivity index (χ0n) is 12.2. The maximum absolute atomic E-state index is 3.49. The van der Waals surface area contributed by atoms with Crippen LogP contribution in [0.2, 0.25) is 0 Å². The van der Waals surface area contributed by atoms with Crippen molar-refractivity contribution in [3.05, 3.63) is 29.8 Å². The Morgan fingerprint density at radius 2 is 1.83 bits per heavy atom. The molecular weight excluding hydrogens is 220 g/mol. The zero-order chi connectivity index (χ0) is 13.2. The summed E-state index contributed by atoms with van der Waals surface area (Å²) in [5.74, 6) is 0. The number of benzene rings is 1. The lowest BCUT2D eigenvalue weighted by Crippen LogP contribution is -2.22. The lowest BCUT2D eigenvalue weighted by atomic mass is 10.1. The number of unbranched alkanes of at least 4 members (excludes halogenated alkanes) is 2. The highest BCUT2D eigenvalue weighted by molar-refractivity contribution is 5.52. The minimum atomic E-state index is 0.974. The molecule has 0 heterocycles. The summed E-state index contributed by atoms with van der Waals surface area (Å²) < 4.78 is 0. The molecule has 0 unspecified atom stereocenters. The first-order chi connectivity index (χ1) is 8.79. The molecule has 1 rings (SSSR count). The molecule has 0 amide bonds. The summed E-state index contributed by atoms with van der Waals surface area (Å²) in [5.41, 5.74) is 2.78. The van der Waals surface area contributed by atoms with Gasteiger partial charge in [0.1, 0.15) is 0 Å². The fourth-order valence-corrected chi connectivity index (χ4v) is 2.15. The first-order valence-electron chi connectivity index (χ1n) is 7.29. The van der Waals surface area contributed by atoms with Crippen molar-refractivity contribution in [1.82, 2.24) is 5.32 Å². The summed E-state index contributed by atoms with van der Waals surface area (Å²) in [4.78, 5) is 2.39. The quantitative estimate of drug-likeness (QED) is 0.668. The molecule has 1 aromatic carbocycles. The van der Waals surface area contributed by atoms with E-state index in [-0.39, 0.29) is 0 Å². The van der Waals surface area contributed by atoms with E-state index in [1.54, 1.807) is 0 Å². The fraction of sp³-hybridized carbons (Fsp3) is 0.625. The van der Waals surface area contributed by atoms with E-state index in [1.807, 2.05) is 0 Å². The highest BCUT2D eigenvalue weighted by Gasteiger charge is 2.05. The van der Waals surface area contributed by atoms with Crippen molar-refractivity contribution in [3.8, 4) is 0 Å².